The Bertz CT molecular complexity index is 617. The van der Waals surface area contributed by atoms with E-state index in [4.69, 9.17) is 5.84 Å². The fourth-order valence-corrected chi connectivity index (χ4v) is 2.52. The van der Waals surface area contributed by atoms with Crippen LogP contribution in [0.1, 0.15) is 22.7 Å². The van der Waals surface area contributed by atoms with E-state index in [9.17, 15) is 8.78 Å². The lowest BCUT2D eigenvalue weighted by Crippen LogP contribution is -2.29. The van der Waals surface area contributed by atoms with Crippen LogP contribution in [0.2, 0.25) is 0 Å². The van der Waals surface area contributed by atoms with Crippen LogP contribution >= 0.6 is 15.9 Å². The van der Waals surface area contributed by atoms with E-state index in [-0.39, 0.29) is 17.7 Å². The highest BCUT2D eigenvalue weighted by atomic mass is 79.9. The highest BCUT2D eigenvalue weighted by Gasteiger charge is 2.14. The van der Waals surface area contributed by atoms with Crippen molar-refractivity contribution in [2.24, 2.45) is 5.84 Å². The fourth-order valence-electron chi connectivity index (χ4n) is 2.01. The van der Waals surface area contributed by atoms with Crippen molar-refractivity contribution in [1.82, 2.24) is 5.43 Å². The lowest BCUT2D eigenvalue weighted by molar-refractivity contribution is 0.541. The third-order valence-corrected chi connectivity index (χ3v) is 3.98. The highest BCUT2D eigenvalue weighted by Crippen LogP contribution is 2.25. The van der Waals surface area contributed by atoms with E-state index in [0.717, 1.165) is 11.1 Å². The summed E-state index contributed by atoms with van der Waals surface area (Å²) in [6.07, 6.45) is 0.528. The van der Waals surface area contributed by atoms with Crippen LogP contribution in [0.3, 0.4) is 0 Å². The van der Waals surface area contributed by atoms with Gasteiger partial charge >= 0.3 is 0 Å². The van der Waals surface area contributed by atoms with Gasteiger partial charge in [-0.15, -0.1) is 0 Å². The average Bonchev–Trinajstić information content (AvgIpc) is 2.41. The maximum Gasteiger partial charge on any atom is 0.126 e. The Kier molecular flexibility index (Phi) is 4.86. The van der Waals surface area contributed by atoms with Crippen LogP contribution in [0.25, 0.3) is 0 Å². The van der Waals surface area contributed by atoms with Gasteiger partial charge < -0.3 is 0 Å². The quantitative estimate of drug-likeness (QED) is 0.656. The van der Waals surface area contributed by atoms with Gasteiger partial charge in [0.2, 0.25) is 0 Å². The molecule has 0 fully saturated rings. The Morgan fingerprint density at radius 2 is 1.95 bits per heavy atom. The maximum atomic E-state index is 13.6. The summed E-state index contributed by atoms with van der Waals surface area (Å²) in [5, 5.41) is 0. The minimum absolute atomic E-state index is 0.244. The summed E-state index contributed by atoms with van der Waals surface area (Å²) in [7, 11) is 0. The van der Waals surface area contributed by atoms with Crippen molar-refractivity contribution in [2.45, 2.75) is 19.4 Å². The number of nitrogens with one attached hydrogen (secondary N) is 1. The molecule has 0 aromatic heterocycles. The van der Waals surface area contributed by atoms with Crippen LogP contribution in [0.15, 0.2) is 40.9 Å². The SMILES string of the molecule is Cc1ccc(C(Cc2ccc(F)cc2Br)NN)cc1F. The van der Waals surface area contributed by atoms with Gasteiger partial charge in [-0.2, -0.15) is 0 Å². The lowest BCUT2D eigenvalue weighted by atomic mass is 9.98. The van der Waals surface area contributed by atoms with Gasteiger partial charge in [-0.3, -0.25) is 11.3 Å². The topological polar surface area (TPSA) is 38.0 Å². The lowest BCUT2D eigenvalue weighted by Gasteiger charge is -2.18. The molecule has 2 rings (SSSR count). The van der Waals surface area contributed by atoms with Crippen molar-refractivity contribution in [1.29, 1.82) is 0 Å². The van der Waals surface area contributed by atoms with E-state index in [1.54, 1.807) is 19.1 Å². The van der Waals surface area contributed by atoms with Crippen LogP contribution in [0, 0.1) is 18.6 Å². The number of aryl methyl sites for hydroxylation is 1. The number of hydrazine groups is 1. The number of rotatable bonds is 4. The number of nitrogens with two attached hydrogens (primary N) is 1. The summed E-state index contributed by atoms with van der Waals surface area (Å²) in [5.74, 6) is 4.99. The second-order valence-corrected chi connectivity index (χ2v) is 5.52. The molecule has 0 bridgehead atoms. The maximum absolute atomic E-state index is 13.6. The van der Waals surface area contributed by atoms with Crippen molar-refractivity contribution in [2.75, 3.05) is 0 Å². The van der Waals surface area contributed by atoms with Gasteiger partial charge in [-0.25, -0.2) is 8.78 Å². The summed E-state index contributed by atoms with van der Waals surface area (Å²) in [4.78, 5) is 0. The largest absolute Gasteiger partial charge is 0.271 e. The Morgan fingerprint density at radius 3 is 2.55 bits per heavy atom. The molecule has 0 heterocycles. The molecule has 0 aliphatic rings. The Morgan fingerprint density at radius 1 is 1.20 bits per heavy atom. The van der Waals surface area contributed by atoms with Crippen LogP contribution in [0.5, 0.6) is 0 Å². The second-order valence-electron chi connectivity index (χ2n) is 4.67. The molecule has 5 heteroatoms. The van der Waals surface area contributed by atoms with Gasteiger partial charge in [-0.1, -0.05) is 34.1 Å². The van der Waals surface area contributed by atoms with Crippen molar-refractivity contribution < 1.29 is 8.78 Å². The van der Waals surface area contributed by atoms with Crippen molar-refractivity contribution in [3.05, 3.63) is 69.2 Å². The van der Waals surface area contributed by atoms with E-state index < -0.39 is 0 Å². The van der Waals surface area contributed by atoms with Crippen LogP contribution in [-0.4, -0.2) is 0 Å². The molecule has 0 saturated heterocycles. The molecule has 0 radical (unpaired) electrons. The summed E-state index contributed by atoms with van der Waals surface area (Å²) >= 11 is 3.32. The summed E-state index contributed by atoms with van der Waals surface area (Å²) in [6.45, 7) is 1.71. The Balaban J connectivity index is 2.26. The number of hydrogen-bond donors (Lipinski definition) is 2. The molecule has 2 nitrogen and oxygen atoms in total. The molecule has 1 unspecified atom stereocenters. The molecule has 0 spiro atoms. The first-order valence-electron chi connectivity index (χ1n) is 6.17. The predicted octanol–water partition coefficient (Wildman–Crippen LogP) is 3.78. The molecule has 2 aromatic carbocycles. The minimum atomic E-state index is -0.306. The monoisotopic (exact) mass is 340 g/mol. The van der Waals surface area contributed by atoms with Gasteiger partial charge in [0, 0.05) is 4.47 Å². The van der Waals surface area contributed by atoms with E-state index in [1.807, 2.05) is 6.07 Å². The summed E-state index contributed by atoms with van der Waals surface area (Å²) < 4.78 is 27.4. The molecule has 106 valence electrons. The molecule has 1 atom stereocenters. The first-order chi connectivity index (χ1) is 9.51. The number of halogens is 3. The van der Waals surface area contributed by atoms with E-state index in [0.29, 0.717) is 16.5 Å². The third-order valence-electron chi connectivity index (χ3n) is 3.24. The number of hydrogen-bond acceptors (Lipinski definition) is 2. The minimum Gasteiger partial charge on any atom is -0.271 e. The van der Waals surface area contributed by atoms with E-state index >= 15 is 0 Å². The predicted molar refractivity (Wildman–Crippen MR) is 79.0 cm³/mol. The van der Waals surface area contributed by atoms with Crippen LogP contribution < -0.4 is 11.3 Å². The number of benzene rings is 2. The molecule has 20 heavy (non-hydrogen) atoms. The zero-order valence-electron chi connectivity index (χ0n) is 11.0. The molecule has 0 saturated carbocycles. The molecule has 0 aliphatic carbocycles. The van der Waals surface area contributed by atoms with Crippen LogP contribution in [-0.2, 0) is 6.42 Å². The Hall–Kier alpha value is -1.30. The first kappa shape index (κ1) is 15.1. The average molecular weight is 341 g/mol. The van der Waals surface area contributed by atoms with Gasteiger partial charge in [-0.05, 0) is 48.2 Å². The zero-order chi connectivity index (χ0) is 14.7. The summed E-state index contributed by atoms with van der Waals surface area (Å²) in [5.41, 5.74) is 4.92. The third kappa shape index (κ3) is 3.42. The van der Waals surface area contributed by atoms with Gasteiger partial charge in [0.1, 0.15) is 11.6 Å². The molecular weight excluding hydrogens is 326 g/mol. The molecule has 2 aromatic rings. The van der Waals surface area contributed by atoms with Crippen molar-refractivity contribution in [3.63, 3.8) is 0 Å². The molecule has 0 amide bonds. The molecular formula is C15H15BrF2N2. The fraction of sp³-hybridized carbons (Fsp3) is 0.200. The highest BCUT2D eigenvalue weighted by molar-refractivity contribution is 9.10. The van der Waals surface area contributed by atoms with E-state index in [2.05, 4.69) is 21.4 Å². The van der Waals surface area contributed by atoms with Crippen molar-refractivity contribution in [3.8, 4) is 0 Å². The van der Waals surface area contributed by atoms with E-state index in [1.165, 1.54) is 18.2 Å². The smallest absolute Gasteiger partial charge is 0.126 e. The van der Waals surface area contributed by atoms with Crippen molar-refractivity contribution >= 4 is 15.9 Å². The zero-order valence-corrected chi connectivity index (χ0v) is 12.5. The van der Waals surface area contributed by atoms with Gasteiger partial charge in [0.05, 0.1) is 6.04 Å². The molecule has 0 aliphatic heterocycles. The second kappa shape index (κ2) is 6.43. The van der Waals surface area contributed by atoms with Gasteiger partial charge in [0.25, 0.3) is 0 Å². The standard InChI is InChI=1S/C15H15BrF2N2/c1-9-2-3-11(6-14(9)18)15(20-19)7-10-4-5-12(17)8-13(10)16/h2-6,8,15,20H,7,19H2,1H3. The normalized spacial score (nSPS) is 12.4. The summed E-state index contributed by atoms with van der Waals surface area (Å²) in [6, 6.07) is 9.26. The van der Waals surface area contributed by atoms with Gasteiger partial charge in [0.15, 0.2) is 0 Å². The Labute approximate surface area is 125 Å². The van der Waals surface area contributed by atoms with Crippen LogP contribution in [0.4, 0.5) is 8.78 Å². The first-order valence-corrected chi connectivity index (χ1v) is 6.96. The molecule has 3 N–H and O–H groups in total.